The minimum Gasteiger partial charge on any atom is -1.00 e. The number of hydrogen-bond donors (Lipinski definition) is 0. The lowest BCUT2D eigenvalue weighted by atomic mass is 10.3. The monoisotopic (exact) mass is 229 g/mol. The quantitative estimate of drug-likeness (QED) is 0.575. The van der Waals surface area contributed by atoms with Crippen molar-refractivity contribution in [3.63, 3.8) is 0 Å². The molecule has 2 aromatic rings. The summed E-state index contributed by atoms with van der Waals surface area (Å²) in [5.74, 6) is 0.925. The van der Waals surface area contributed by atoms with E-state index in [0.29, 0.717) is 0 Å². The molecule has 2 rings (SSSR count). The molecule has 0 unspecified atom stereocenters. The first-order chi connectivity index (χ1) is 6.22. The average Bonchev–Trinajstić information content (AvgIpc) is 2.42. The molecule has 0 N–H and O–H groups in total. The molecule has 0 amide bonds. The fourth-order valence-corrected chi connectivity index (χ4v) is 2.42. The van der Waals surface area contributed by atoms with Crippen molar-refractivity contribution < 1.29 is 21.7 Å². The van der Waals surface area contributed by atoms with Crippen LogP contribution in [0.4, 0.5) is 0 Å². The van der Waals surface area contributed by atoms with Gasteiger partial charge in [-0.1, -0.05) is 11.3 Å². The van der Waals surface area contributed by atoms with Gasteiger partial charge in [-0.3, -0.25) is 0 Å². The van der Waals surface area contributed by atoms with Gasteiger partial charge in [-0.05, 0) is 6.07 Å². The van der Waals surface area contributed by atoms with Crippen LogP contribution in [0.15, 0.2) is 18.2 Å². The van der Waals surface area contributed by atoms with Crippen LogP contribution in [0.5, 0.6) is 5.75 Å². The van der Waals surface area contributed by atoms with Gasteiger partial charge >= 0.3 is 0 Å². The van der Waals surface area contributed by atoms with Gasteiger partial charge in [0.2, 0.25) is 10.5 Å². The fraction of sp³-hybridized carbons (Fsp3) is 0.300. The molecule has 1 aromatic carbocycles. The largest absolute Gasteiger partial charge is 1.00 e. The number of methoxy groups -OCH3 is 1. The molecule has 0 atom stereocenters. The van der Waals surface area contributed by atoms with Crippen LogP contribution in [0, 0.1) is 6.92 Å². The maximum atomic E-state index is 5.17. The van der Waals surface area contributed by atoms with Crippen molar-refractivity contribution >= 4 is 21.6 Å². The maximum absolute atomic E-state index is 5.17. The second-order valence-corrected chi connectivity index (χ2v) is 4.25. The number of hydrogen-bond acceptors (Lipinski definition) is 2. The number of benzene rings is 1. The van der Waals surface area contributed by atoms with Crippen molar-refractivity contribution in [3.8, 4) is 5.75 Å². The lowest BCUT2D eigenvalue weighted by Crippen LogP contribution is -3.00. The van der Waals surface area contributed by atoms with Crippen molar-refractivity contribution in [3.05, 3.63) is 23.2 Å². The van der Waals surface area contributed by atoms with E-state index in [1.165, 1.54) is 15.2 Å². The molecule has 0 aliphatic carbocycles. The number of fused-ring (bicyclic) bond motifs is 1. The molecule has 76 valence electrons. The molecular weight excluding hydrogens is 218 g/mol. The highest BCUT2D eigenvalue weighted by atomic mass is 35.5. The predicted octanol–water partition coefficient (Wildman–Crippen LogP) is -0.953. The van der Waals surface area contributed by atoms with Gasteiger partial charge in [-0.15, -0.1) is 0 Å². The molecule has 0 fully saturated rings. The third-order valence-electron chi connectivity index (χ3n) is 2.26. The number of halogens is 1. The number of thiazole rings is 1. The summed E-state index contributed by atoms with van der Waals surface area (Å²) in [5, 5.41) is 1.31. The lowest BCUT2D eigenvalue weighted by Gasteiger charge is -1.95. The van der Waals surface area contributed by atoms with E-state index in [4.69, 9.17) is 4.74 Å². The average molecular weight is 230 g/mol. The van der Waals surface area contributed by atoms with E-state index in [-0.39, 0.29) is 12.4 Å². The number of aryl methyl sites for hydroxylation is 2. The minimum atomic E-state index is 0. The van der Waals surface area contributed by atoms with Gasteiger partial charge in [0, 0.05) is 19.1 Å². The summed E-state index contributed by atoms with van der Waals surface area (Å²) in [7, 11) is 3.78. The first-order valence-electron chi connectivity index (χ1n) is 4.15. The summed E-state index contributed by atoms with van der Waals surface area (Å²) in [6.45, 7) is 2.12. The van der Waals surface area contributed by atoms with Gasteiger partial charge in [-0.2, -0.15) is 4.57 Å². The standard InChI is InChI=1S/C10H12NOS.ClH/c1-7-11(2)9-5-4-8(12-3)6-10(9)13-7;/h4-6H,1-3H3;1H/q+1;/p-1. The van der Waals surface area contributed by atoms with Crippen LogP contribution in [-0.4, -0.2) is 7.11 Å². The Bertz CT molecular complexity index is 453. The second-order valence-electron chi connectivity index (χ2n) is 3.01. The van der Waals surface area contributed by atoms with E-state index < -0.39 is 0 Å². The Balaban J connectivity index is 0.000000980. The van der Waals surface area contributed by atoms with Crippen molar-refractivity contribution in [2.45, 2.75) is 6.92 Å². The van der Waals surface area contributed by atoms with Crippen LogP contribution < -0.4 is 21.7 Å². The van der Waals surface area contributed by atoms with Crippen molar-refractivity contribution in [1.29, 1.82) is 0 Å². The van der Waals surface area contributed by atoms with Gasteiger partial charge in [0.15, 0.2) is 0 Å². The highest BCUT2D eigenvalue weighted by Gasteiger charge is 2.12. The zero-order chi connectivity index (χ0) is 9.42. The van der Waals surface area contributed by atoms with Crippen LogP contribution >= 0.6 is 11.3 Å². The SMILES string of the molecule is COc1ccc2c(c1)sc(C)[n+]2C.[Cl-]. The van der Waals surface area contributed by atoms with Gasteiger partial charge in [0.05, 0.1) is 7.11 Å². The predicted molar refractivity (Wildman–Crippen MR) is 54.3 cm³/mol. The summed E-state index contributed by atoms with van der Waals surface area (Å²) in [6, 6.07) is 6.17. The van der Waals surface area contributed by atoms with Crippen LogP contribution in [0.25, 0.3) is 10.2 Å². The van der Waals surface area contributed by atoms with Gasteiger partial charge in [0.25, 0.3) is 0 Å². The Morgan fingerprint density at radius 3 is 2.71 bits per heavy atom. The molecule has 14 heavy (non-hydrogen) atoms. The summed E-state index contributed by atoms with van der Waals surface area (Å²) >= 11 is 1.79. The Kier molecular flexibility index (Phi) is 3.34. The molecule has 4 heteroatoms. The first-order valence-corrected chi connectivity index (χ1v) is 4.97. The molecule has 0 bridgehead atoms. The molecule has 0 spiro atoms. The van der Waals surface area contributed by atoms with Crippen molar-refractivity contribution in [2.75, 3.05) is 7.11 Å². The zero-order valence-electron chi connectivity index (χ0n) is 8.37. The summed E-state index contributed by atoms with van der Waals surface area (Å²) in [4.78, 5) is 0. The molecule has 0 saturated heterocycles. The van der Waals surface area contributed by atoms with E-state index in [1.54, 1.807) is 18.4 Å². The minimum absolute atomic E-state index is 0. The van der Waals surface area contributed by atoms with E-state index in [0.717, 1.165) is 5.75 Å². The van der Waals surface area contributed by atoms with Crippen LogP contribution in [-0.2, 0) is 7.05 Å². The van der Waals surface area contributed by atoms with E-state index in [2.05, 4.69) is 30.7 Å². The fourth-order valence-electron chi connectivity index (χ4n) is 1.38. The Morgan fingerprint density at radius 1 is 1.36 bits per heavy atom. The third kappa shape index (κ3) is 1.70. The highest BCUT2D eigenvalue weighted by Crippen LogP contribution is 2.23. The number of ether oxygens (including phenoxy) is 1. The smallest absolute Gasteiger partial charge is 0.234 e. The van der Waals surface area contributed by atoms with Crippen LogP contribution in [0.2, 0.25) is 0 Å². The Morgan fingerprint density at radius 2 is 2.07 bits per heavy atom. The topological polar surface area (TPSA) is 13.1 Å². The Hall–Kier alpha value is -0.800. The van der Waals surface area contributed by atoms with E-state index in [1.807, 2.05) is 6.07 Å². The van der Waals surface area contributed by atoms with Crippen LogP contribution in [0.1, 0.15) is 5.01 Å². The maximum Gasteiger partial charge on any atom is 0.234 e. The molecular formula is C10H12ClNOS. The molecule has 0 saturated carbocycles. The molecule has 2 nitrogen and oxygen atoms in total. The molecule has 1 heterocycles. The molecule has 0 radical (unpaired) electrons. The van der Waals surface area contributed by atoms with E-state index >= 15 is 0 Å². The third-order valence-corrected chi connectivity index (χ3v) is 3.37. The lowest BCUT2D eigenvalue weighted by molar-refractivity contribution is -0.646. The summed E-state index contributed by atoms with van der Waals surface area (Å²) in [6.07, 6.45) is 0. The number of rotatable bonds is 1. The Labute approximate surface area is 93.5 Å². The van der Waals surface area contributed by atoms with Gasteiger partial charge in [-0.25, -0.2) is 0 Å². The van der Waals surface area contributed by atoms with E-state index in [9.17, 15) is 0 Å². The normalized spacial score (nSPS) is 9.93. The van der Waals surface area contributed by atoms with Crippen molar-refractivity contribution in [2.24, 2.45) is 7.05 Å². The highest BCUT2D eigenvalue weighted by molar-refractivity contribution is 7.18. The summed E-state index contributed by atoms with van der Waals surface area (Å²) in [5.41, 5.74) is 1.27. The van der Waals surface area contributed by atoms with Crippen molar-refractivity contribution in [1.82, 2.24) is 0 Å². The van der Waals surface area contributed by atoms with Gasteiger partial charge < -0.3 is 17.1 Å². The number of aromatic nitrogens is 1. The second kappa shape index (κ2) is 4.15. The van der Waals surface area contributed by atoms with Crippen LogP contribution in [0.3, 0.4) is 0 Å². The molecule has 0 aliphatic rings. The molecule has 0 aliphatic heterocycles. The van der Waals surface area contributed by atoms with Gasteiger partial charge in [0.1, 0.15) is 17.5 Å². The zero-order valence-corrected chi connectivity index (χ0v) is 9.95. The number of nitrogens with zero attached hydrogens (tertiary/aromatic N) is 1. The molecule has 1 aromatic heterocycles. The summed E-state index contributed by atoms with van der Waals surface area (Å²) < 4.78 is 8.64. The first kappa shape index (κ1) is 11.3.